The summed E-state index contributed by atoms with van der Waals surface area (Å²) in [6.45, 7) is 1.99. The van der Waals surface area contributed by atoms with Crippen molar-refractivity contribution in [1.29, 1.82) is 5.26 Å². The average Bonchev–Trinajstić information content (AvgIpc) is 2.62. The van der Waals surface area contributed by atoms with E-state index >= 15 is 0 Å². The van der Waals surface area contributed by atoms with Crippen molar-refractivity contribution in [1.82, 2.24) is 9.78 Å². The summed E-state index contributed by atoms with van der Waals surface area (Å²) in [6, 6.07) is 2.18. The fourth-order valence-corrected chi connectivity index (χ4v) is 1.14. The van der Waals surface area contributed by atoms with Crippen LogP contribution in [0, 0.1) is 11.3 Å². The Hall–Kier alpha value is -1.63. The van der Waals surface area contributed by atoms with E-state index in [1.54, 1.807) is 10.9 Å². The Balaban J connectivity index is 2.79. The Morgan fingerprint density at radius 3 is 3.08 bits per heavy atom. The number of carbonyl (C=O) groups is 1. The minimum atomic E-state index is 0.0821. The molecule has 68 valence electrons. The van der Waals surface area contributed by atoms with E-state index in [-0.39, 0.29) is 6.04 Å². The summed E-state index contributed by atoms with van der Waals surface area (Å²) in [7, 11) is 0. The topological polar surface area (TPSA) is 58.7 Å². The van der Waals surface area contributed by atoms with Gasteiger partial charge in [-0.2, -0.15) is 10.4 Å². The highest BCUT2D eigenvalue weighted by atomic mass is 16.1. The maximum absolute atomic E-state index is 10.4. The molecule has 0 amide bonds. The molecular formula is C9H11N3O. The molecule has 1 rings (SSSR count). The van der Waals surface area contributed by atoms with Crippen LogP contribution in [0.2, 0.25) is 0 Å². The molecule has 1 aromatic heterocycles. The zero-order valence-corrected chi connectivity index (χ0v) is 7.47. The van der Waals surface area contributed by atoms with Gasteiger partial charge in [0.25, 0.3) is 0 Å². The summed E-state index contributed by atoms with van der Waals surface area (Å²) in [5.41, 5.74) is 0.552. The molecule has 0 aliphatic rings. The summed E-state index contributed by atoms with van der Waals surface area (Å²) in [5.74, 6) is 0. The first-order chi connectivity index (χ1) is 6.31. The molecule has 1 unspecified atom stereocenters. The number of aldehydes is 1. The van der Waals surface area contributed by atoms with Crippen LogP contribution >= 0.6 is 0 Å². The van der Waals surface area contributed by atoms with Gasteiger partial charge in [0.2, 0.25) is 0 Å². The molecule has 0 saturated carbocycles. The van der Waals surface area contributed by atoms with Gasteiger partial charge < -0.3 is 0 Å². The zero-order valence-electron chi connectivity index (χ0n) is 7.47. The molecule has 4 nitrogen and oxygen atoms in total. The Morgan fingerprint density at radius 2 is 2.62 bits per heavy atom. The fourth-order valence-electron chi connectivity index (χ4n) is 1.14. The van der Waals surface area contributed by atoms with E-state index in [0.29, 0.717) is 12.0 Å². The van der Waals surface area contributed by atoms with Crippen LogP contribution < -0.4 is 0 Å². The highest BCUT2D eigenvalue weighted by molar-refractivity contribution is 5.73. The fraction of sp³-hybridized carbons (Fsp3) is 0.444. The van der Waals surface area contributed by atoms with Crippen LogP contribution in [0.25, 0.3) is 0 Å². The van der Waals surface area contributed by atoms with Gasteiger partial charge in [-0.25, -0.2) is 0 Å². The lowest BCUT2D eigenvalue weighted by molar-refractivity contribution is 0.112. The lowest BCUT2D eigenvalue weighted by atomic mass is 10.2. The van der Waals surface area contributed by atoms with E-state index in [0.717, 1.165) is 12.7 Å². The van der Waals surface area contributed by atoms with Gasteiger partial charge in [-0.05, 0) is 6.42 Å². The minimum absolute atomic E-state index is 0.0821. The normalized spacial score (nSPS) is 12.0. The predicted molar refractivity (Wildman–Crippen MR) is 47.2 cm³/mol. The van der Waals surface area contributed by atoms with Crippen LogP contribution in [-0.2, 0) is 0 Å². The van der Waals surface area contributed by atoms with E-state index in [2.05, 4.69) is 11.2 Å². The Kier molecular flexibility index (Phi) is 3.21. The van der Waals surface area contributed by atoms with Crippen molar-refractivity contribution in [3.05, 3.63) is 18.0 Å². The third kappa shape index (κ3) is 2.15. The van der Waals surface area contributed by atoms with Crippen LogP contribution in [-0.4, -0.2) is 16.1 Å². The largest absolute Gasteiger partial charge is 0.298 e. The number of aromatic nitrogens is 2. The summed E-state index contributed by atoms with van der Waals surface area (Å²) >= 11 is 0. The number of nitriles is 1. The summed E-state index contributed by atoms with van der Waals surface area (Å²) in [6.07, 6.45) is 5.19. The first-order valence-electron chi connectivity index (χ1n) is 4.18. The van der Waals surface area contributed by atoms with Crippen LogP contribution in [0.4, 0.5) is 0 Å². The number of hydrogen-bond donors (Lipinski definition) is 0. The number of nitrogens with zero attached hydrogens (tertiary/aromatic N) is 3. The molecule has 1 heterocycles. The van der Waals surface area contributed by atoms with Crippen LogP contribution in [0.5, 0.6) is 0 Å². The summed E-state index contributed by atoms with van der Waals surface area (Å²) in [4.78, 5) is 10.4. The highest BCUT2D eigenvalue weighted by Crippen LogP contribution is 2.13. The molecule has 0 aliphatic carbocycles. The summed E-state index contributed by atoms with van der Waals surface area (Å²) < 4.78 is 1.67. The first kappa shape index (κ1) is 9.46. The van der Waals surface area contributed by atoms with Gasteiger partial charge >= 0.3 is 0 Å². The molecule has 0 N–H and O–H groups in total. The van der Waals surface area contributed by atoms with Gasteiger partial charge in [0.05, 0.1) is 30.3 Å². The van der Waals surface area contributed by atoms with E-state index in [4.69, 9.17) is 5.26 Å². The summed E-state index contributed by atoms with van der Waals surface area (Å²) in [5, 5.41) is 12.5. The van der Waals surface area contributed by atoms with Crippen LogP contribution in [0.1, 0.15) is 36.2 Å². The van der Waals surface area contributed by atoms with Crippen molar-refractivity contribution in [2.45, 2.75) is 25.8 Å². The molecule has 0 radical (unpaired) electrons. The Bertz CT molecular complexity index is 324. The average molecular weight is 177 g/mol. The number of hydrogen-bond acceptors (Lipinski definition) is 3. The van der Waals surface area contributed by atoms with E-state index in [9.17, 15) is 4.79 Å². The van der Waals surface area contributed by atoms with E-state index < -0.39 is 0 Å². The number of rotatable bonds is 4. The van der Waals surface area contributed by atoms with Crippen molar-refractivity contribution in [3.63, 3.8) is 0 Å². The predicted octanol–water partition coefficient (Wildman–Crippen LogP) is 1.56. The molecule has 13 heavy (non-hydrogen) atoms. The number of carbonyl (C=O) groups excluding carboxylic acids is 1. The van der Waals surface area contributed by atoms with Crippen molar-refractivity contribution in [2.24, 2.45) is 0 Å². The smallest absolute Gasteiger partial charge is 0.153 e. The molecule has 0 fully saturated rings. The van der Waals surface area contributed by atoms with Gasteiger partial charge in [-0.3, -0.25) is 9.48 Å². The molecule has 0 bridgehead atoms. The van der Waals surface area contributed by atoms with Crippen molar-refractivity contribution >= 4 is 6.29 Å². The third-order valence-electron chi connectivity index (χ3n) is 1.93. The van der Waals surface area contributed by atoms with Crippen molar-refractivity contribution in [3.8, 4) is 6.07 Å². The second kappa shape index (κ2) is 4.41. The Morgan fingerprint density at radius 1 is 1.85 bits per heavy atom. The first-order valence-corrected chi connectivity index (χ1v) is 4.18. The van der Waals surface area contributed by atoms with Crippen LogP contribution in [0.15, 0.2) is 12.4 Å². The highest BCUT2D eigenvalue weighted by Gasteiger charge is 2.08. The van der Waals surface area contributed by atoms with Gasteiger partial charge in [-0.1, -0.05) is 6.92 Å². The molecule has 0 spiro atoms. The monoisotopic (exact) mass is 177 g/mol. The molecule has 0 aliphatic heterocycles. The third-order valence-corrected chi connectivity index (χ3v) is 1.93. The Labute approximate surface area is 76.8 Å². The van der Waals surface area contributed by atoms with Crippen molar-refractivity contribution in [2.75, 3.05) is 0 Å². The lowest BCUT2D eigenvalue weighted by Gasteiger charge is -2.10. The van der Waals surface area contributed by atoms with E-state index in [1.807, 2.05) is 6.92 Å². The van der Waals surface area contributed by atoms with E-state index in [1.165, 1.54) is 6.20 Å². The second-order valence-electron chi connectivity index (χ2n) is 2.80. The van der Waals surface area contributed by atoms with Gasteiger partial charge in [0.15, 0.2) is 6.29 Å². The van der Waals surface area contributed by atoms with Gasteiger partial charge in [0.1, 0.15) is 0 Å². The molecule has 0 aromatic carbocycles. The molecule has 0 saturated heterocycles. The van der Waals surface area contributed by atoms with Gasteiger partial charge in [0, 0.05) is 6.20 Å². The SMILES string of the molecule is CCC(CC#N)n1cc(C=O)cn1. The second-order valence-corrected chi connectivity index (χ2v) is 2.80. The zero-order chi connectivity index (χ0) is 9.68. The standard InChI is InChI=1S/C9H11N3O/c1-2-9(3-4-10)12-6-8(7-13)5-11-12/h5-7,9H,2-3H2,1H3. The lowest BCUT2D eigenvalue weighted by Crippen LogP contribution is -2.07. The molecule has 4 heteroatoms. The quantitative estimate of drug-likeness (QED) is 0.656. The van der Waals surface area contributed by atoms with Crippen molar-refractivity contribution < 1.29 is 4.79 Å². The maximum atomic E-state index is 10.4. The molecular weight excluding hydrogens is 166 g/mol. The van der Waals surface area contributed by atoms with Crippen LogP contribution in [0.3, 0.4) is 0 Å². The maximum Gasteiger partial charge on any atom is 0.153 e. The minimum Gasteiger partial charge on any atom is -0.298 e. The molecule has 1 atom stereocenters. The van der Waals surface area contributed by atoms with Gasteiger partial charge in [-0.15, -0.1) is 0 Å². The molecule has 1 aromatic rings.